The van der Waals surface area contributed by atoms with E-state index in [4.69, 9.17) is 0 Å². The molecule has 4 rings (SSSR count). The van der Waals surface area contributed by atoms with E-state index < -0.39 is 0 Å². The van der Waals surface area contributed by atoms with Gasteiger partial charge in [-0.3, -0.25) is 14.4 Å². The minimum atomic E-state index is -0.187. The second-order valence-electron chi connectivity index (χ2n) is 8.93. The number of hydrogen-bond donors (Lipinski definition) is 3. The lowest BCUT2D eigenvalue weighted by Gasteiger charge is -2.20. The highest BCUT2D eigenvalue weighted by molar-refractivity contribution is 5.98. The zero-order valence-corrected chi connectivity index (χ0v) is 19.2. The van der Waals surface area contributed by atoms with Crippen molar-refractivity contribution in [2.75, 3.05) is 35.6 Å². The van der Waals surface area contributed by atoms with E-state index in [2.05, 4.69) is 16.0 Å². The number of carbonyl (C=O) groups excluding carboxylic acids is 3. The van der Waals surface area contributed by atoms with Crippen LogP contribution in [0.25, 0.3) is 0 Å². The Morgan fingerprint density at radius 2 is 1.52 bits per heavy atom. The van der Waals surface area contributed by atoms with Crippen molar-refractivity contribution >= 4 is 34.8 Å². The van der Waals surface area contributed by atoms with Gasteiger partial charge >= 0.3 is 0 Å². The van der Waals surface area contributed by atoms with E-state index >= 15 is 0 Å². The van der Waals surface area contributed by atoms with E-state index in [1.165, 1.54) is 12.8 Å². The molecule has 1 heterocycles. The quantitative estimate of drug-likeness (QED) is 0.585. The Kier molecular flexibility index (Phi) is 7.27. The van der Waals surface area contributed by atoms with Crippen LogP contribution >= 0.6 is 0 Å². The summed E-state index contributed by atoms with van der Waals surface area (Å²) in [6.07, 6.45) is 6.40. The number of rotatable bonds is 7. The summed E-state index contributed by atoms with van der Waals surface area (Å²) < 4.78 is 0. The summed E-state index contributed by atoms with van der Waals surface area (Å²) in [5.41, 5.74) is 3.68. The predicted octanol–water partition coefficient (Wildman–Crippen LogP) is 4.41. The number of nitrogens with zero attached hydrogens (tertiary/aromatic N) is 1. The van der Waals surface area contributed by atoms with Crippen LogP contribution < -0.4 is 16.0 Å². The van der Waals surface area contributed by atoms with Gasteiger partial charge in [0.2, 0.25) is 11.8 Å². The van der Waals surface area contributed by atoms with Gasteiger partial charge in [-0.25, -0.2) is 0 Å². The third-order valence-corrected chi connectivity index (χ3v) is 6.29. The smallest absolute Gasteiger partial charge is 0.253 e. The van der Waals surface area contributed by atoms with E-state index in [0.717, 1.165) is 55.7 Å². The van der Waals surface area contributed by atoms with Gasteiger partial charge in [-0.2, -0.15) is 0 Å². The van der Waals surface area contributed by atoms with Crippen LogP contribution in [0.4, 0.5) is 17.1 Å². The molecular formula is C26H32N4O3. The lowest BCUT2D eigenvalue weighted by Crippen LogP contribution is -2.31. The average molecular weight is 449 g/mol. The first kappa shape index (κ1) is 22.8. The largest absolute Gasteiger partial charge is 0.376 e. The molecule has 2 aromatic carbocycles. The first-order valence-corrected chi connectivity index (χ1v) is 11.8. The molecule has 0 aromatic heterocycles. The molecule has 2 aliphatic rings. The van der Waals surface area contributed by atoms with Crippen molar-refractivity contribution < 1.29 is 14.4 Å². The second kappa shape index (κ2) is 10.5. The summed E-state index contributed by atoms with van der Waals surface area (Å²) in [5.74, 6) is 0.0534. The Morgan fingerprint density at radius 1 is 0.879 bits per heavy atom. The van der Waals surface area contributed by atoms with Crippen molar-refractivity contribution in [3.63, 3.8) is 0 Å². The Hall–Kier alpha value is -3.35. The van der Waals surface area contributed by atoms with Crippen molar-refractivity contribution in [1.82, 2.24) is 4.90 Å². The van der Waals surface area contributed by atoms with Gasteiger partial charge in [-0.1, -0.05) is 18.9 Å². The summed E-state index contributed by atoms with van der Waals surface area (Å²) in [4.78, 5) is 39.2. The summed E-state index contributed by atoms with van der Waals surface area (Å²) in [7, 11) is 0. The fourth-order valence-corrected chi connectivity index (χ4v) is 4.05. The van der Waals surface area contributed by atoms with Gasteiger partial charge in [0.25, 0.3) is 5.91 Å². The fraction of sp³-hybridized carbons (Fsp3) is 0.423. The molecule has 2 aromatic rings. The summed E-state index contributed by atoms with van der Waals surface area (Å²) in [6, 6.07) is 12.8. The zero-order valence-electron chi connectivity index (χ0n) is 19.2. The van der Waals surface area contributed by atoms with E-state index in [1.54, 1.807) is 0 Å². The minimum Gasteiger partial charge on any atom is -0.376 e. The number of carbonyl (C=O) groups is 3. The van der Waals surface area contributed by atoms with Crippen molar-refractivity contribution in [2.24, 2.45) is 5.92 Å². The van der Waals surface area contributed by atoms with Gasteiger partial charge in [0, 0.05) is 41.6 Å². The Bertz CT molecular complexity index is 1010. The van der Waals surface area contributed by atoms with Gasteiger partial charge in [-0.05, 0) is 74.6 Å². The molecule has 3 N–H and O–H groups in total. The summed E-state index contributed by atoms with van der Waals surface area (Å²) >= 11 is 0. The van der Waals surface area contributed by atoms with Gasteiger partial charge in [0.15, 0.2) is 0 Å². The molecule has 3 amide bonds. The normalized spacial score (nSPS) is 16.0. The number of likely N-dealkylation sites (tertiary alicyclic amines) is 1. The third kappa shape index (κ3) is 6.12. The van der Waals surface area contributed by atoms with Crippen molar-refractivity contribution in [2.45, 2.75) is 45.4 Å². The van der Waals surface area contributed by atoms with E-state index in [-0.39, 0.29) is 30.2 Å². The molecule has 7 nitrogen and oxygen atoms in total. The van der Waals surface area contributed by atoms with Crippen LogP contribution in [0.5, 0.6) is 0 Å². The molecule has 1 saturated heterocycles. The monoisotopic (exact) mass is 448 g/mol. The van der Waals surface area contributed by atoms with Gasteiger partial charge in [-0.15, -0.1) is 0 Å². The predicted molar refractivity (Wildman–Crippen MR) is 130 cm³/mol. The molecular weight excluding hydrogens is 416 g/mol. The number of hydrogen-bond acceptors (Lipinski definition) is 4. The fourth-order valence-electron chi connectivity index (χ4n) is 4.05. The molecule has 0 atom stereocenters. The lowest BCUT2D eigenvalue weighted by molar-refractivity contribution is -0.117. The highest BCUT2D eigenvalue weighted by Gasteiger charge is 2.29. The van der Waals surface area contributed by atoms with Crippen LogP contribution in [-0.4, -0.2) is 42.3 Å². The van der Waals surface area contributed by atoms with Crippen LogP contribution in [0.15, 0.2) is 42.5 Å². The zero-order chi connectivity index (χ0) is 23.2. The third-order valence-electron chi connectivity index (χ3n) is 6.29. The number of nitrogens with one attached hydrogen (secondary N) is 3. The van der Waals surface area contributed by atoms with E-state index in [0.29, 0.717) is 11.3 Å². The Morgan fingerprint density at radius 3 is 2.15 bits per heavy atom. The molecule has 7 heteroatoms. The molecule has 0 spiro atoms. The molecule has 1 aliphatic carbocycles. The molecule has 0 bridgehead atoms. The van der Waals surface area contributed by atoms with Crippen LogP contribution in [0.1, 0.15) is 54.4 Å². The maximum absolute atomic E-state index is 12.7. The minimum absolute atomic E-state index is 0.0426. The standard InChI is InChI=1S/C26H32N4O3/c1-18-22(7-6-8-23(18)29-25(32)19-9-10-19)28-24(31)17-27-21-13-11-20(12-14-21)26(33)30-15-4-2-3-5-16-30/h6-8,11-14,19,27H,2-5,9-10,15-17H2,1H3,(H,28,31)(H,29,32). The molecule has 33 heavy (non-hydrogen) atoms. The van der Waals surface area contributed by atoms with Crippen LogP contribution in [-0.2, 0) is 9.59 Å². The Labute approximate surface area is 194 Å². The highest BCUT2D eigenvalue weighted by Crippen LogP contribution is 2.31. The molecule has 174 valence electrons. The van der Waals surface area contributed by atoms with Crippen LogP contribution in [0.2, 0.25) is 0 Å². The maximum Gasteiger partial charge on any atom is 0.253 e. The molecule has 2 fully saturated rings. The van der Waals surface area contributed by atoms with Gasteiger partial charge in [0.05, 0.1) is 6.54 Å². The maximum atomic E-state index is 12.7. The molecule has 1 saturated carbocycles. The lowest BCUT2D eigenvalue weighted by atomic mass is 10.1. The van der Waals surface area contributed by atoms with Crippen molar-refractivity contribution in [3.05, 3.63) is 53.6 Å². The molecule has 0 unspecified atom stereocenters. The van der Waals surface area contributed by atoms with Gasteiger partial charge in [0.1, 0.15) is 0 Å². The number of amides is 3. The SMILES string of the molecule is Cc1c(NC(=O)CNc2ccc(C(=O)N3CCCCCC3)cc2)cccc1NC(=O)C1CC1. The van der Waals surface area contributed by atoms with E-state index in [1.807, 2.05) is 54.3 Å². The van der Waals surface area contributed by atoms with Crippen molar-refractivity contribution in [3.8, 4) is 0 Å². The highest BCUT2D eigenvalue weighted by atomic mass is 16.2. The first-order valence-electron chi connectivity index (χ1n) is 11.8. The topological polar surface area (TPSA) is 90.5 Å². The number of anilines is 3. The second-order valence-corrected chi connectivity index (χ2v) is 8.93. The Balaban J connectivity index is 1.29. The van der Waals surface area contributed by atoms with Crippen LogP contribution in [0.3, 0.4) is 0 Å². The molecule has 0 radical (unpaired) electrons. The number of benzene rings is 2. The van der Waals surface area contributed by atoms with E-state index in [9.17, 15) is 14.4 Å². The van der Waals surface area contributed by atoms with Gasteiger partial charge < -0.3 is 20.9 Å². The first-order chi connectivity index (χ1) is 16.0. The summed E-state index contributed by atoms with van der Waals surface area (Å²) in [5, 5.41) is 8.96. The molecule has 1 aliphatic heterocycles. The average Bonchev–Trinajstić information content (AvgIpc) is 3.68. The van der Waals surface area contributed by atoms with Crippen LogP contribution in [0, 0.1) is 12.8 Å². The van der Waals surface area contributed by atoms with Crippen molar-refractivity contribution in [1.29, 1.82) is 0 Å². The summed E-state index contributed by atoms with van der Waals surface area (Å²) in [6.45, 7) is 3.62.